The molecule has 0 saturated heterocycles. The van der Waals surface area contributed by atoms with Crippen LogP contribution >= 0.6 is 0 Å². The van der Waals surface area contributed by atoms with Crippen molar-refractivity contribution < 1.29 is 14.3 Å². The summed E-state index contributed by atoms with van der Waals surface area (Å²) in [5.41, 5.74) is 0.464. The van der Waals surface area contributed by atoms with E-state index in [2.05, 4.69) is 13.5 Å². The third-order valence-corrected chi connectivity index (χ3v) is 5.10. The zero-order valence-electron chi connectivity index (χ0n) is 9.34. The van der Waals surface area contributed by atoms with Crippen molar-refractivity contribution in [2.75, 3.05) is 19.9 Å². The summed E-state index contributed by atoms with van der Waals surface area (Å²) in [5.74, 6) is -0.286. The molecule has 0 saturated carbocycles. The molecule has 0 amide bonds. The first-order valence-electron chi connectivity index (χ1n) is 4.93. The highest BCUT2D eigenvalue weighted by Gasteiger charge is 2.09. The number of hydrogen-bond acceptors (Lipinski definition) is 3. The Labute approximate surface area is 87.7 Å². The standard InChI is InChI=1S/C10H20O3Si/c1-5-14(8-12-4)7-6-13-10(11)9(2)3/h14H,2,5-8H2,1,3-4H3. The number of esters is 1. The third kappa shape index (κ3) is 5.94. The van der Waals surface area contributed by atoms with Crippen LogP contribution in [0.4, 0.5) is 0 Å². The maximum atomic E-state index is 11.0. The van der Waals surface area contributed by atoms with Crippen molar-refractivity contribution >= 4 is 14.8 Å². The fraction of sp³-hybridized carbons (Fsp3) is 0.700. The number of carbonyl (C=O) groups excluding carboxylic acids is 1. The van der Waals surface area contributed by atoms with Gasteiger partial charge in [0, 0.05) is 18.9 Å². The van der Waals surface area contributed by atoms with E-state index in [4.69, 9.17) is 9.47 Å². The van der Waals surface area contributed by atoms with Gasteiger partial charge in [0.05, 0.1) is 15.4 Å². The second-order valence-electron chi connectivity index (χ2n) is 3.43. The molecule has 0 aromatic carbocycles. The Bertz CT molecular complexity index is 192. The van der Waals surface area contributed by atoms with Gasteiger partial charge in [0.15, 0.2) is 0 Å². The highest BCUT2D eigenvalue weighted by atomic mass is 28.3. The van der Waals surface area contributed by atoms with Crippen molar-refractivity contribution in [3.8, 4) is 0 Å². The summed E-state index contributed by atoms with van der Waals surface area (Å²) in [6.45, 7) is 7.86. The SMILES string of the molecule is C=C(C)C(=O)OCC[SiH](CC)COC. The maximum Gasteiger partial charge on any atom is 0.333 e. The maximum absolute atomic E-state index is 11.0. The predicted molar refractivity (Wildman–Crippen MR) is 60.1 cm³/mol. The smallest absolute Gasteiger partial charge is 0.333 e. The number of methoxy groups -OCH3 is 1. The minimum atomic E-state index is -0.832. The molecule has 0 aliphatic rings. The normalized spacial score (nSPS) is 12.2. The van der Waals surface area contributed by atoms with E-state index in [1.807, 2.05) is 0 Å². The molecule has 0 heterocycles. The molecule has 82 valence electrons. The molecule has 0 aromatic heterocycles. The number of hydrogen-bond donors (Lipinski definition) is 0. The number of carbonyl (C=O) groups is 1. The zero-order chi connectivity index (χ0) is 11.0. The molecule has 3 nitrogen and oxygen atoms in total. The molecule has 0 bridgehead atoms. The lowest BCUT2D eigenvalue weighted by Crippen LogP contribution is -2.21. The van der Waals surface area contributed by atoms with E-state index in [0.29, 0.717) is 12.2 Å². The second kappa shape index (κ2) is 7.76. The van der Waals surface area contributed by atoms with Crippen molar-refractivity contribution in [2.24, 2.45) is 0 Å². The van der Waals surface area contributed by atoms with Crippen LogP contribution in [0.1, 0.15) is 13.8 Å². The summed E-state index contributed by atoms with van der Waals surface area (Å²) in [6.07, 6.45) is 0.862. The lowest BCUT2D eigenvalue weighted by Gasteiger charge is -2.11. The van der Waals surface area contributed by atoms with Gasteiger partial charge in [-0.05, 0) is 13.0 Å². The topological polar surface area (TPSA) is 35.5 Å². The van der Waals surface area contributed by atoms with Crippen LogP contribution in [0.2, 0.25) is 12.1 Å². The fourth-order valence-corrected chi connectivity index (χ4v) is 2.82. The molecule has 0 radical (unpaired) electrons. The zero-order valence-corrected chi connectivity index (χ0v) is 10.5. The molecule has 0 aliphatic heterocycles. The third-order valence-electron chi connectivity index (χ3n) is 2.09. The number of rotatable bonds is 7. The van der Waals surface area contributed by atoms with Gasteiger partial charge < -0.3 is 9.47 Å². The van der Waals surface area contributed by atoms with Gasteiger partial charge in [-0.2, -0.15) is 0 Å². The largest absolute Gasteiger partial charge is 0.463 e. The van der Waals surface area contributed by atoms with Gasteiger partial charge in [0.2, 0.25) is 0 Å². The highest BCUT2D eigenvalue weighted by molar-refractivity contribution is 6.58. The van der Waals surface area contributed by atoms with E-state index in [9.17, 15) is 4.79 Å². The summed E-state index contributed by atoms with van der Waals surface area (Å²) in [6, 6.07) is 2.17. The minimum Gasteiger partial charge on any atom is -0.463 e. The van der Waals surface area contributed by atoms with Gasteiger partial charge in [-0.1, -0.05) is 19.5 Å². The first kappa shape index (κ1) is 13.4. The molecule has 14 heavy (non-hydrogen) atoms. The van der Waals surface area contributed by atoms with Crippen LogP contribution in [-0.2, 0) is 14.3 Å². The highest BCUT2D eigenvalue weighted by Crippen LogP contribution is 2.01. The molecule has 0 aromatic rings. The van der Waals surface area contributed by atoms with E-state index in [-0.39, 0.29) is 5.97 Å². The molecule has 0 aliphatic carbocycles. The first-order chi connectivity index (χ1) is 6.61. The molecule has 0 rings (SSSR count). The quantitative estimate of drug-likeness (QED) is 0.368. The van der Waals surface area contributed by atoms with Gasteiger partial charge in [-0.15, -0.1) is 0 Å². The van der Waals surface area contributed by atoms with Crippen LogP contribution in [0.25, 0.3) is 0 Å². The summed E-state index contributed by atoms with van der Waals surface area (Å²) in [4.78, 5) is 11.0. The van der Waals surface area contributed by atoms with Crippen molar-refractivity contribution in [2.45, 2.75) is 25.9 Å². The van der Waals surface area contributed by atoms with Crippen LogP contribution < -0.4 is 0 Å². The van der Waals surface area contributed by atoms with E-state index in [1.165, 1.54) is 6.04 Å². The van der Waals surface area contributed by atoms with Gasteiger partial charge in [0.1, 0.15) is 0 Å². The molecular formula is C10H20O3Si. The van der Waals surface area contributed by atoms with E-state index >= 15 is 0 Å². The monoisotopic (exact) mass is 216 g/mol. The van der Waals surface area contributed by atoms with E-state index < -0.39 is 8.80 Å². The molecule has 0 spiro atoms. The lowest BCUT2D eigenvalue weighted by atomic mass is 10.4. The van der Waals surface area contributed by atoms with Crippen LogP contribution in [0, 0.1) is 0 Å². The average Bonchev–Trinajstić information content (AvgIpc) is 2.16. The minimum absolute atomic E-state index is 0.286. The van der Waals surface area contributed by atoms with Crippen molar-refractivity contribution in [3.05, 3.63) is 12.2 Å². The lowest BCUT2D eigenvalue weighted by molar-refractivity contribution is -0.138. The van der Waals surface area contributed by atoms with Crippen molar-refractivity contribution in [1.29, 1.82) is 0 Å². The van der Waals surface area contributed by atoms with Gasteiger partial charge in [0.25, 0.3) is 0 Å². The predicted octanol–water partition coefficient (Wildman–Crippen LogP) is 1.54. The van der Waals surface area contributed by atoms with E-state index in [0.717, 1.165) is 12.3 Å². The first-order valence-corrected chi connectivity index (χ1v) is 7.38. The van der Waals surface area contributed by atoms with Crippen molar-refractivity contribution in [3.63, 3.8) is 0 Å². The second-order valence-corrected chi connectivity index (χ2v) is 6.89. The summed E-state index contributed by atoms with van der Waals surface area (Å²) < 4.78 is 10.1. The summed E-state index contributed by atoms with van der Waals surface area (Å²) in [7, 11) is 0.885. The molecule has 0 N–H and O–H groups in total. The van der Waals surface area contributed by atoms with Gasteiger partial charge >= 0.3 is 5.97 Å². The summed E-state index contributed by atoms with van der Waals surface area (Å²) >= 11 is 0. The van der Waals surface area contributed by atoms with Gasteiger partial charge in [-0.3, -0.25) is 0 Å². The number of ether oxygens (including phenoxy) is 2. The van der Waals surface area contributed by atoms with Crippen molar-refractivity contribution in [1.82, 2.24) is 0 Å². The fourth-order valence-electron chi connectivity index (χ4n) is 1.08. The Morgan fingerprint density at radius 1 is 1.50 bits per heavy atom. The van der Waals surface area contributed by atoms with Gasteiger partial charge in [-0.25, -0.2) is 4.79 Å². The Morgan fingerprint density at radius 2 is 2.14 bits per heavy atom. The molecule has 1 unspecified atom stereocenters. The molecule has 0 fully saturated rings. The molecular weight excluding hydrogens is 196 g/mol. The van der Waals surface area contributed by atoms with Crippen LogP contribution in [0.15, 0.2) is 12.2 Å². The Balaban J connectivity index is 3.60. The molecule has 1 atom stereocenters. The average molecular weight is 216 g/mol. The van der Waals surface area contributed by atoms with Crippen LogP contribution in [0.5, 0.6) is 0 Å². The summed E-state index contributed by atoms with van der Waals surface area (Å²) in [5, 5.41) is 0. The Hall–Kier alpha value is -0.613. The van der Waals surface area contributed by atoms with E-state index in [1.54, 1.807) is 14.0 Å². The Morgan fingerprint density at radius 3 is 2.57 bits per heavy atom. The molecule has 4 heteroatoms. The van der Waals surface area contributed by atoms with Crippen LogP contribution in [0.3, 0.4) is 0 Å². The van der Waals surface area contributed by atoms with Crippen LogP contribution in [-0.4, -0.2) is 34.7 Å². The Kier molecular flexibility index (Phi) is 7.42.